The number of nitrogens with zero attached hydrogens (tertiary/aromatic N) is 3. The minimum atomic E-state index is 0.656. The third-order valence-corrected chi connectivity index (χ3v) is 4.65. The Morgan fingerprint density at radius 1 is 1.33 bits per heavy atom. The van der Waals surface area contributed by atoms with Crippen LogP contribution in [0.2, 0.25) is 0 Å². The molecule has 3 rings (SSSR count). The second-order valence-corrected chi connectivity index (χ2v) is 6.08. The van der Waals surface area contributed by atoms with Crippen molar-refractivity contribution in [2.75, 3.05) is 19.6 Å². The molecule has 0 radical (unpaired) electrons. The quantitative estimate of drug-likeness (QED) is 0.819. The first-order valence-corrected chi connectivity index (χ1v) is 7.54. The molecule has 100 valence electrons. The van der Waals surface area contributed by atoms with Crippen molar-refractivity contribution < 1.29 is 0 Å². The molecule has 1 saturated heterocycles. The first kappa shape index (κ1) is 12.2. The Morgan fingerprint density at radius 2 is 2.22 bits per heavy atom. The van der Waals surface area contributed by atoms with Gasteiger partial charge in [0.25, 0.3) is 0 Å². The van der Waals surface area contributed by atoms with Crippen molar-refractivity contribution in [2.24, 2.45) is 5.92 Å². The first-order chi connectivity index (χ1) is 8.76. The summed E-state index contributed by atoms with van der Waals surface area (Å²) in [4.78, 5) is 7.45. The SMILES string of the molecule is CCN1CCC(Cc2cn3c(n2)C(C)CCC3)C1. The molecule has 2 aliphatic rings. The zero-order valence-electron chi connectivity index (χ0n) is 11.7. The molecule has 0 amide bonds. The van der Waals surface area contributed by atoms with Crippen LogP contribution in [0.25, 0.3) is 0 Å². The molecule has 2 aliphatic heterocycles. The molecule has 3 heterocycles. The van der Waals surface area contributed by atoms with Crippen molar-refractivity contribution in [1.82, 2.24) is 14.5 Å². The van der Waals surface area contributed by atoms with Crippen molar-refractivity contribution >= 4 is 0 Å². The number of hydrogen-bond donors (Lipinski definition) is 0. The van der Waals surface area contributed by atoms with E-state index in [4.69, 9.17) is 4.98 Å². The van der Waals surface area contributed by atoms with Crippen LogP contribution in [0.15, 0.2) is 6.20 Å². The summed E-state index contributed by atoms with van der Waals surface area (Å²) in [5.41, 5.74) is 1.33. The van der Waals surface area contributed by atoms with Crippen LogP contribution in [0.5, 0.6) is 0 Å². The molecule has 0 aromatic carbocycles. The van der Waals surface area contributed by atoms with E-state index in [1.165, 1.54) is 63.4 Å². The summed E-state index contributed by atoms with van der Waals surface area (Å²) < 4.78 is 2.40. The highest BCUT2D eigenvalue weighted by Crippen LogP contribution is 2.27. The van der Waals surface area contributed by atoms with Gasteiger partial charge in [0, 0.05) is 25.2 Å². The summed E-state index contributed by atoms with van der Waals surface area (Å²) in [7, 11) is 0. The van der Waals surface area contributed by atoms with Gasteiger partial charge in [-0.15, -0.1) is 0 Å². The van der Waals surface area contributed by atoms with Gasteiger partial charge in [-0.25, -0.2) is 4.98 Å². The number of hydrogen-bond acceptors (Lipinski definition) is 2. The maximum Gasteiger partial charge on any atom is 0.111 e. The summed E-state index contributed by atoms with van der Waals surface area (Å²) in [6, 6.07) is 0. The smallest absolute Gasteiger partial charge is 0.111 e. The van der Waals surface area contributed by atoms with Gasteiger partial charge in [0.15, 0.2) is 0 Å². The van der Waals surface area contributed by atoms with E-state index in [1.54, 1.807) is 0 Å². The van der Waals surface area contributed by atoms with E-state index in [1.807, 2.05) is 0 Å². The van der Waals surface area contributed by atoms with Crippen LogP contribution >= 0.6 is 0 Å². The average Bonchev–Trinajstić information content (AvgIpc) is 2.96. The van der Waals surface area contributed by atoms with Crippen LogP contribution in [0.1, 0.15) is 50.5 Å². The van der Waals surface area contributed by atoms with Crippen LogP contribution in [-0.4, -0.2) is 34.1 Å². The van der Waals surface area contributed by atoms with E-state index in [0.717, 1.165) is 5.92 Å². The summed E-state index contributed by atoms with van der Waals surface area (Å²) in [6.07, 6.45) is 7.48. The van der Waals surface area contributed by atoms with Gasteiger partial charge in [0.2, 0.25) is 0 Å². The van der Waals surface area contributed by atoms with Gasteiger partial charge in [-0.1, -0.05) is 13.8 Å². The van der Waals surface area contributed by atoms with E-state index in [-0.39, 0.29) is 0 Å². The average molecular weight is 247 g/mol. The van der Waals surface area contributed by atoms with E-state index in [0.29, 0.717) is 5.92 Å². The zero-order valence-corrected chi connectivity index (χ0v) is 11.7. The monoisotopic (exact) mass is 247 g/mol. The molecule has 3 nitrogen and oxygen atoms in total. The molecular weight excluding hydrogens is 222 g/mol. The fraction of sp³-hybridized carbons (Fsp3) is 0.800. The zero-order chi connectivity index (χ0) is 12.5. The van der Waals surface area contributed by atoms with E-state index >= 15 is 0 Å². The van der Waals surface area contributed by atoms with Gasteiger partial charge in [0.1, 0.15) is 5.82 Å². The number of imidazole rings is 1. The highest BCUT2D eigenvalue weighted by atomic mass is 15.1. The second kappa shape index (κ2) is 5.04. The predicted octanol–water partition coefficient (Wildman–Crippen LogP) is 2.66. The van der Waals surface area contributed by atoms with E-state index < -0.39 is 0 Å². The molecule has 18 heavy (non-hydrogen) atoms. The molecule has 1 aromatic rings. The van der Waals surface area contributed by atoms with Crippen molar-refractivity contribution in [3.05, 3.63) is 17.7 Å². The normalized spacial score (nSPS) is 28.6. The number of rotatable bonds is 3. The lowest BCUT2D eigenvalue weighted by Crippen LogP contribution is -2.20. The second-order valence-electron chi connectivity index (χ2n) is 6.08. The fourth-order valence-corrected chi connectivity index (χ4v) is 3.52. The lowest BCUT2D eigenvalue weighted by molar-refractivity contribution is 0.341. The molecule has 0 spiro atoms. The topological polar surface area (TPSA) is 21.1 Å². The third-order valence-electron chi connectivity index (χ3n) is 4.65. The van der Waals surface area contributed by atoms with Crippen molar-refractivity contribution in [3.8, 4) is 0 Å². The third kappa shape index (κ3) is 2.33. The van der Waals surface area contributed by atoms with Crippen LogP contribution in [-0.2, 0) is 13.0 Å². The Hall–Kier alpha value is -0.830. The van der Waals surface area contributed by atoms with Gasteiger partial charge in [0.05, 0.1) is 5.69 Å². The molecule has 1 aromatic heterocycles. The lowest BCUT2D eigenvalue weighted by atomic mass is 10.0. The first-order valence-electron chi connectivity index (χ1n) is 7.54. The maximum absolute atomic E-state index is 4.89. The van der Waals surface area contributed by atoms with Crippen LogP contribution in [0.3, 0.4) is 0 Å². The largest absolute Gasteiger partial charge is 0.334 e. The Kier molecular flexibility index (Phi) is 3.42. The van der Waals surface area contributed by atoms with Gasteiger partial charge in [-0.3, -0.25) is 0 Å². The lowest BCUT2D eigenvalue weighted by Gasteiger charge is -2.19. The molecule has 2 unspecified atom stereocenters. The summed E-state index contributed by atoms with van der Waals surface area (Å²) in [5.74, 6) is 2.82. The Bertz CT molecular complexity index is 410. The Labute approximate surface area is 110 Å². The summed E-state index contributed by atoms with van der Waals surface area (Å²) in [5, 5.41) is 0. The van der Waals surface area contributed by atoms with Crippen LogP contribution in [0, 0.1) is 5.92 Å². The van der Waals surface area contributed by atoms with Gasteiger partial charge in [-0.05, 0) is 44.7 Å². The molecule has 0 aliphatic carbocycles. The maximum atomic E-state index is 4.89. The highest BCUT2D eigenvalue weighted by Gasteiger charge is 2.24. The molecule has 1 fully saturated rings. The Morgan fingerprint density at radius 3 is 2.94 bits per heavy atom. The number of fused-ring (bicyclic) bond motifs is 1. The predicted molar refractivity (Wildman–Crippen MR) is 73.8 cm³/mol. The minimum absolute atomic E-state index is 0.656. The molecule has 0 saturated carbocycles. The number of aromatic nitrogens is 2. The van der Waals surface area contributed by atoms with Crippen molar-refractivity contribution in [1.29, 1.82) is 0 Å². The fourth-order valence-electron chi connectivity index (χ4n) is 3.52. The summed E-state index contributed by atoms with van der Waals surface area (Å²) in [6.45, 7) is 9.51. The summed E-state index contributed by atoms with van der Waals surface area (Å²) >= 11 is 0. The minimum Gasteiger partial charge on any atom is -0.334 e. The van der Waals surface area contributed by atoms with Crippen molar-refractivity contribution in [3.63, 3.8) is 0 Å². The Balaban J connectivity index is 1.67. The van der Waals surface area contributed by atoms with Gasteiger partial charge in [-0.2, -0.15) is 0 Å². The standard InChI is InChI=1S/C15H25N3/c1-3-17-8-6-13(10-17)9-14-11-18-7-4-5-12(2)15(18)16-14/h11-13H,3-10H2,1-2H3. The van der Waals surface area contributed by atoms with E-state index in [9.17, 15) is 0 Å². The molecular formula is C15H25N3. The van der Waals surface area contributed by atoms with Crippen molar-refractivity contribution in [2.45, 2.75) is 52.0 Å². The molecule has 3 heteroatoms. The molecule has 0 bridgehead atoms. The highest BCUT2D eigenvalue weighted by molar-refractivity contribution is 5.10. The van der Waals surface area contributed by atoms with Gasteiger partial charge >= 0.3 is 0 Å². The van der Waals surface area contributed by atoms with Gasteiger partial charge < -0.3 is 9.47 Å². The number of aryl methyl sites for hydroxylation is 1. The molecule has 2 atom stereocenters. The van der Waals surface area contributed by atoms with E-state index in [2.05, 4.69) is 29.5 Å². The number of likely N-dealkylation sites (tertiary alicyclic amines) is 1. The van der Waals surface area contributed by atoms with Crippen LogP contribution in [0.4, 0.5) is 0 Å². The van der Waals surface area contributed by atoms with Crippen LogP contribution < -0.4 is 0 Å². The molecule has 0 N–H and O–H groups in total.